The van der Waals surface area contributed by atoms with Gasteiger partial charge in [-0.25, -0.2) is 4.39 Å². The molecule has 1 nitrogen and oxygen atoms in total. The van der Waals surface area contributed by atoms with Crippen molar-refractivity contribution in [2.75, 3.05) is 0 Å². The molecule has 2 rings (SSSR count). The van der Waals surface area contributed by atoms with Crippen LogP contribution in [-0.4, -0.2) is 5.24 Å². The lowest BCUT2D eigenvalue weighted by Crippen LogP contribution is -2.11. The molecule has 0 aliphatic heterocycles. The van der Waals surface area contributed by atoms with E-state index in [-0.39, 0.29) is 12.2 Å². The second-order valence-electron chi connectivity index (χ2n) is 4.20. The average Bonchev–Trinajstić information content (AvgIpc) is 2.39. The maximum Gasteiger partial charge on any atom is 0.229 e. The summed E-state index contributed by atoms with van der Waals surface area (Å²) in [6.45, 7) is 0. The van der Waals surface area contributed by atoms with Crippen molar-refractivity contribution in [2.24, 2.45) is 0 Å². The number of carbonyl (C=O) groups is 1. The molecule has 0 aromatic heterocycles. The molecule has 0 saturated carbocycles. The summed E-state index contributed by atoms with van der Waals surface area (Å²) in [5.74, 6) is -0.907. The Balaban J connectivity index is 2.29. The molecular weight excluding hydrogens is 286 g/mol. The van der Waals surface area contributed by atoms with Crippen LogP contribution in [0.4, 0.5) is 4.39 Å². The fourth-order valence-electron chi connectivity index (χ4n) is 1.91. The van der Waals surface area contributed by atoms with Gasteiger partial charge < -0.3 is 0 Å². The third-order valence-corrected chi connectivity index (χ3v) is 3.44. The first-order valence-corrected chi connectivity index (χ1v) is 6.51. The summed E-state index contributed by atoms with van der Waals surface area (Å²) in [7, 11) is 0. The van der Waals surface area contributed by atoms with E-state index in [1.807, 2.05) is 0 Å². The Morgan fingerprint density at radius 3 is 2.32 bits per heavy atom. The van der Waals surface area contributed by atoms with Gasteiger partial charge in [0.05, 0.1) is 5.92 Å². The Bertz CT molecular complexity index is 581. The van der Waals surface area contributed by atoms with Gasteiger partial charge in [-0.3, -0.25) is 4.79 Å². The zero-order valence-electron chi connectivity index (χ0n) is 9.95. The van der Waals surface area contributed by atoms with Gasteiger partial charge in [0.25, 0.3) is 0 Å². The van der Waals surface area contributed by atoms with Crippen LogP contribution in [0.2, 0.25) is 5.02 Å². The van der Waals surface area contributed by atoms with Gasteiger partial charge in [-0.2, -0.15) is 0 Å². The third-order valence-electron chi connectivity index (χ3n) is 2.93. The highest BCUT2D eigenvalue weighted by Gasteiger charge is 2.20. The van der Waals surface area contributed by atoms with Crippen molar-refractivity contribution >= 4 is 28.4 Å². The highest BCUT2D eigenvalue weighted by atomic mass is 35.5. The van der Waals surface area contributed by atoms with Crippen LogP contribution in [0, 0.1) is 5.82 Å². The first kappa shape index (κ1) is 14.0. The molecule has 0 aliphatic carbocycles. The molecule has 2 aromatic rings. The Labute approximate surface area is 121 Å². The van der Waals surface area contributed by atoms with Gasteiger partial charge >= 0.3 is 0 Å². The number of halogens is 3. The van der Waals surface area contributed by atoms with Crippen LogP contribution in [0.1, 0.15) is 17.0 Å². The van der Waals surface area contributed by atoms with E-state index in [1.54, 1.807) is 42.5 Å². The van der Waals surface area contributed by atoms with E-state index in [9.17, 15) is 9.18 Å². The van der Waals surface area contributed by atoms with Gasteiger partial charge in [-0.1, -0.05) is 41.9 Å². The first-order chi connectivity index (χ1) is 9.08. The van der Waals surface area contributed by atoms with Crippen molar-refractivity contribution in [1.29, 1.82) is 0 Å². The minimum atomic E-state index is -0.573. The summed E-state index contributed by atoms with van der Waals surface area (Å²) in [6, 6.07) is 13.2. The van der Waals surface area contributed by atoms with Crippen molar-refractivity contribution in [3.63, 3.8) is 0 Å². The monoisotopic (exact) mass is 296 g/mol. The number of hydrogen-bond donors (Lipinski definition) is 0. The molecule has 0 bridgehead atoms. The summed E-state index contributed by atoms with van der Waals surface area (Å²) in [5.41, 5.74) is 1.20. The molecule has 0 N–H and O–H groups in total. The van der Waals surface area contributed by atoms with Crippen LogP contribution in [0.15, 0.2) is 48.5 Å². The van der Waals surface area contributed by atoms with Crippen molar-refractivity contribution < 1.29 is 9.18 Å². The summed E-state index contributed by atoms with van der Waals surface area (Å²) in [6.07, 6.45) is 0.233. The Morgan fingerprint density at radius 2 is 1.74 bits per heavy atom. The molecule has 19 heavy (non-hydrogen) atoms. The average molecular weight is 297 g/mol. The minimum Gasteiger partial charge on any atom is -0.281 e. The number of benzene rings is 2. The van der Waals surface area contributed by atoms with Gasteiger partial charge in [0, 0.05) is 5.02 Å². The van der Waals surface area contributed by atoms with Crippen molar-refractivity contribution in [3.05, 3.63) is 70.5 Å². The summed E-state index contributed by atoms with van der Waals surface area (Å²) in [4.78, 5) is 11.6. The lowest BCUT2D eigenvalue weighted by Gasteiger charge is -2.13. The van der Waals surface area contributed by atoms with Crippen LogP contribution in [0.5, 0.6) is 0 Å². The Morgan fingerprint density at radius 1 is 1.11 bits per heavy atom. The quantitative estimate of drug-likeness (QED) is 0.755. The SMILES string of the molecule is O=C(Cl)C(Cc1ccccc1F)c1ccc(Cl)cc1. The van der Waals surface area contributed by atoms with Gasteiger partial charge in [0.1, 0.15) is 5.82 Å². The van der Waals surface area contributed by atoms with Gasteiger partial charge in [-0.15, -0.1) is 0 Å². The molecule has 0 aliphatic rings. The van der Waals surface area contributed by atoms with Gasteiger partial charge in [-0.05, 0) is 47.3 Å². The maximum absolute atomic E-state index is 13.6. The number of hydrogen-bond acceptors (Lipinski definition) is 1. The van der Waals surface area contributed by atoms with E-state index in [0.29, 0.717) is 10.6 Å². The molecule has 0 spiro atoms. The predicted octanol–water partition coefficient (Wildman–Crippen LogP) is 4.57. The fraction of sp³-hybridized carbons (Fsp3) is 0.133. The predicted molar refractivity (Wildman–Crippen MR) is 75.2 cm³/mol. The van der Waals surface area contributed by atoms with E-state index in [1.165, 1.54) is 6.07 Å². The molecule has 2 aromatic carbocycles. The highest BCUT2D eigenvalue weighted by molar-refractivity contribution is 6.64. The molecule has 1 unspecified atom stereocenters. The molecule has 98 valence electrons. The Hall–Kier alpha value is -1.38. The largest absolute Gasteiger partial charge is 0.281 e. The molecule has 0 fully saturated rings. The van der Waals surface area contributed by atoms with E-state index in [2.05, 4.69) is 0 Å². The summed E-state index contributed by atoms with van der Waals surface area (Å²) >= 11 is 11.4. The molecule has 0 amide bonds. The van der Waals surface area contributed by atoms with E-state index < -0.39 is 11.2 Å². The number of rotatable bonds is 4. The Kier molecular flexibility index (Phi) is 4.56. The third kappa shape index (κ3) is 3.55. The standard InChI is InChI=1S/C15H11Cl2FO/c16-12-7-5-10(6-8-12)13(15(17)19)9-11-3-1-2-4-14(11)18/h1-8,13H,9H2. The first-order valence-electron chi connectivity index (χ1n) is 5.76. The van der Waals surface area contributed by atoms with Gasteiger partial charge in [0.15, 0.2) is 0 Å². The second-order valence-corrected chi connectivity index (χ2v) is 5.01. The highest BCUT2D eigenvalue weighted by Crippen LogP contribution is 2.26. The minimum absolute atomic E-state index is 0.233. The summed E-state index contributed by atoms with van der Waals surface area (Å²) in [5, 5.41) is 0.0704. The lowest BCUT2D eigenvalue weighted by atomic mass is 9.93. The molecule has 1 atom stereocenters. The lowest BCUT2D eigenvalue weighted by molar-refractivity contribution is -0.113. The zero-order chi connectivity index (χ0) is 13.8. The fourth-order valence-corrected chi connectivity index (χ4v) is 2.24. The molecule has 0 heterocycles. The van der Waals surface area contributed by atoms with E-state index in [4.69, 9.17) is 23.2 Å². The van der Waals surface area contributed by atoms with Gasteiger partial charge in [0.2, 0.25) is 5.24 Å². The number of carbonyl (C=O) groups excluding carboxylic acids is 1. The van der Waals surface area contributed by atoms with Crippen molar-refractivity contribution in [2.45, 2.75) is 12.3 Å². The summed E-state index contributed by atoms with van der Waals surface area (Å²) < 4.78 is 13.6. The molecule has 0 radical (unpaired) electrons. The van der Waals surface area contributed by atoms with Crippen LogP contribution in [0.3, 0.4) is 0 Å². The van der Waals surface area contributed by atoms with Crippen LogP contribution in [-0.2, 0) is 11.2 Å². The van der Waals surface area contributed by atoms with Crippen molar-refractivity contribution in [1.82, 2.24) is 0 Å². The smallest absolute Gasteiger partial charge is 0.229 e. The van der Waals surface area contributed by atoms with E-state index >= 15 is 0 Å². The molecule has 4 heteroatoms. The van der Waals surface area contributed by atoms with E-state index in [0.717, 1.165) is 5.56 Å². The molecular formula is C15H11Cl2FO. The normalized spacial score (nSPS) is 12.2. The molecule has 0 saturated heterocycles. The topological polar surface area (TPSA) is 17.1 Å². The zero-order valence-corrected chi connectivity index (χ0v) is 11.5. The second kappa shape index (κ2) is 6.18. The van der Waals surface area contributed by atoms with Crippen LogP contribution < -0.4 is 0 Å². The van der Waals surface area contributed by atoms with Crippen LogP contribution in [0.25, 0.3) is 0 Å². The van der Waals surface area contributed by atoms with Crippen LogP contribution >= 0.6 is 23.2 Å². The maximum atomic E-state index is 13.6. The van der Waals surface area contributed by atoms with Crippen molar-refractivity contribution in [3.8, 4) is 0 Å².